The average molecular weight is 249 g/mol. The van der Waals surface area contributed by atoms with Gasteiger partial charge in [-0.05, 0) is 25.8 Å². The number of anilines is 1. The first-order chi connectivity index (χ1) is 8.67. The monoisotopic (exact) mass is 249 g/mol. The van der Waals surface area contributed by atoms with Crippen LogP contribution in [0.3, 0.4) is 0 Å². The van der Waals surface area contributed by atoms with Crippen molar-refractivity contribution in [3.8, 4) is 0 Å². The number of rotatable bonds is 7. The molecule has 0 aromatic carbocycles. The minimum Gasteiger partial charge on any atom is -0.384 e. The van der Waals surface area contributed by atoms with E-state index >= 15 is 0 Å². The van der Waals surface area contributed by atoms with Crippen LogP contribution in [0.2, 0.25) is 0 Å². The zero-order valence-corrected chi connectivity index (χ0v) is 11.5. The second-order valence-corrected chi connectivity index (χ2v) is 4.53. The van der Waals surface area contributed by atoms with Crippen molar-refractivity contribution in [2.24, 2.45) is 0 Å². The first kappa shape index (κ1) is 14.5. The smallest absolute Gasteiger partial charge is 0.253 e. The summed E-state index contributed by atoms with van der Waals surface area (Å²) in [4.78, 5) is 16.0. The number of aromatic nitrogens is 1. The molecule has 1 heterocycles. The Bertz CT molecular complexity index is 379. The Labute approximate surface area is 109 Å². The van der Waals surface area contributed by atoms with Gasteiger partial charge in [0.15, 0.2) is 0 Å². The van der Waals surface area contributed by atoms with Gasteiger partial charge in [-0.15, -0.1) is 0 Å². The van der Waals surface area contributed by atoms with Crippen molar-refractivity contribution < 1.29 is 4.79 Å². The van der Waals surface area contributed by atoms with E-state index in [9.17, 15) is 4.79 Å². The van der Waals surface area contributed by atoms with E-state index in [4.69, 9.17) is 0 Å². The minimum atomic E-state index is -0.0593. The SMILES string of the molecule is CCCCNc1cncc(C(=O)NC(C)CC)c1. The molecule has 0 saturated heterocycles. The molecule has 2 N–H and O–H groups in total. The molecule has 4 nitrogen and oxygen atoms in total. The zero-order valence-electron chi connectivity index (χ0n) is 11.5. The molecule has 0 fully saturated rings. The molecule has 1 rings (SSSR count). The fraction of sp³-hybridized carbons (Fsp3) is 0.571. The van der Waals surface area contributed by atoms with Crippen LogP contribution in [-0.2, 0) is 0 Å². The van der Waals surface area contributed by atoms with Crippen LogP contribution in [0.15, 0.2) is 18.5 Å². The molecule has 0 bridgehead atoms. The lowest BCUT2D eigenvalue weighted by molar-refractivity contribution is 0.0939. The molecule has 4 heteroatoms. The highest BCUT2D eigenvalue weighted by Gasteiger charge is 2.09. The maximum atomic E-state index is 11.9. The van der Waals surface area contributed by atoms with E-state index in [1.54, 1.807) is 12.4 Å². The number of carbonyl (C=O) groups is 1. The third-order valence-electron chi connectivity index (χ3n) is 2.85. The summed E-state index contributed by atoms with van der Waals surface area (Å²) < 4.78 is 0. The Morgan fingerprint density at radius 3 is 2.83 bits per heavy atom. The van der Waals surface area contributed by atoms with Crippen LogP contribution in [0.5, 0.6) is 0 Å². The summed E-state index contributed by atoms with van der Waals surface area (Å²) >= 11 is 0. The van der Waals surface area contributed by atoms with Gasteiger partial charge in [0, 0.05) is 25.0 Å². The Kier molecular flexibility index (Phi) is 6.19. The summed E-state index contributed by atoms with van der Waals surface area (Å²) in [7, 11) is 0. The molecule has 0 radical (unpaired) electrons. The largest absolute Gasteiger partial charge is 0.384 e. The number of nitrogens with zero attached hydrogens (tertiary/aromatic N) is 1. The lowest BCUT2D eigenvalue weighted by atomic mass is 10.2. The molecule has 1 aromatic heterocycles. The molecule has 1 unspecified atom stereocenters. The van der Waals surface area contributed by atoms with Gasteiger partial charge in [0.25, 0.3) is 5.91 Å². The van der Waals surface area contributed by atoms with Gasteiger partial charge in [-0.25, -0.2) is 0 Å². The maximum Gasteiger partial charge on any atom is 0.253 e. The van der Waals surface area contributed by atoms with Crippen molar-refractivity contribution in [1.29, 1.82) is 0 Å². The van der Waals surface area contributed by atoms with Gasteiger partial charge in [-0.1, -0.05) is 20.3 Å². The van der Waals surface area contributed by atoms with E-state index < -0.39 is 0 Å². The van der Waals surface area contributed by atoms with Crippen molar-refractivity contribution in [2.75, 3.05) is 11.9 Å². The summed E-state index contributed by atoms with van der Waals surface area (Å²) in [5.74, 6) is -0.0593. The Hall–Kier alpha value is -1.58. The molecule has 100 valence electrons. The molecular formula is C14H23N3O. The first-order valence-electron chi connectivity index (χ1n) is 6.67. The van der Waals surface area contributed by atoms with Gasteiger partial charge >= 0.3 is 0 Å². The predicted octanol–water partition coefficient (Wildman–Crippen LogP) is 2.82. The van der Waals surface area contributed by atoms with E-state index in [1.807, 2.05) is 19.9 Å². The maximum absolute atomic E-state index is 11.9. The topological polar surface area (TPSA) is 54.0 Å². The van der Waals surface area contributed by atoms with E-state index in [-0.39, 0.29) is 11.9 Å². The van der Waals surface area contributed by atoms with E-state index in [1.165, 1.54) is 0 Å². The number of pyridine rings is 1. The molecule has 0 saturated carbocycles. The number of unbranched alkanes of at least 4 members (excludes halogenated alkanes) is 1. The highest BCUT2D eigenvalue weighted by Crippen LogP contribution is 2.09. The molecule has 18 heavy (non-hydrogen) atoms. The van der Waals surface area contributed by atoms with E-state index in [0.29, 0.717) is 5.56 Å². The van der Waals surface area contributed by atoms with E-state index in [0.717, 1.165) is 31.5 Å². The minimum absolute atomic E-state index is 0.0593. The van der Waals surface area contributed by atoms with Crippen LogP contribution in [0.4, 0.5) is 5.69 Å². The average Bonchev–Trinajstić information content (AvgIpc) is 2.39. The van der Waals surface area contributed by atoms with E-state index in [2.05, 4.69) is 22.5 Å². The molecule has 1 atom stereocenters. The van der Waals surface area contributed by atoms with Gasteiger partial charge in [0.05, 0.1) is 11.3 Å². The van der Waals surface area contributed by atoms with Crippen LogP contribution >= 0.6 is 0 Å². The first-order valence-corrected chi connectivity index (χ1v) is 6.67. The third-order valence-corrected chi connectivity index (χ3v) is 2.85. The lowest BCUT2D eigenvalue weighted by Gasteiger charge is -2.12. The van der Waals surface area contributed by atoms with Crippen molar-refractivity contribution >= 4 is 11.6 Å². The standard InChI is InChI=1S/C14H23N3O/c1-4-6-7-16-13-8-12(9-15-10-13)14(18)17-11(3)5-2/h8-11,16H,4-7H2,1-3H3,(H,17,18). The Morgan fingerprint density at radius 2 is 2.17 bits per heavy atom. The molecule has 0 aliphatic carbocycles. The summed E-state index contributed by atoms with van der Waals surface area (Å²) in [6, 6.07) is 2.04. The second kappa shape index (κ2) is 7.69. The van der Waals surface area contributed by atoms with Crippen molar-refractivity contribution in [1.82, 2.24) is 10.3 Å². The quantitative estimate of drug-likeness (QED) is 0.731. The molecule has 0 aliphatic rings. The van der Waals surface area contributed by atoms with Gasteiger partial charge < -0.3 is 10.6 Å². The van der Waals surface area contributed by atoms with Gasteiger partial charge in [0.2, 0.25) is 0 Å². The summed E-state index contributed by atoms with van der Waals surface area (Å²) in [5, 5.41) is 6.20. The van der Waals surface area contributed by atoms with Crippen LogP contribution in [0.1, 0.15) is 50.4 Å². The summed E-state index contributed by atoms with van der Waals surface area (Å²) in [6.07, 6.45) is 6.53. The van der Waals surface area contributed by atoms with Crippen LogP contribution in [0.25, 0.3) is 0 Å². The highest BCUT2D eigenvalue weighted by molar-refractivity contribution is 5.94. The van der Waals surface area contributed by atoms with Crippen LogP contribution in [0, 0.1) is 0 Å². The lowest BCUT2D eigenvalue weighted by Crippen LogP contribution is -2.32. The van der Waals surface area contributed by atoms with Crippen molar-refractivity contribution in [3.05, 3.63) is 24.0 Å². The molecule has 1 amide bonds. The molecule has 0 aliphatic heterocycles. The number of carbonyl (C=O) groups excluding carboxylic acids is 1. The molecule has 0 spiro atoms. The van der Waals surface area contributed by atoms with Gasteiger partial charge in [-0.2, -0.15) is 0 Å². The summed E-state index contributed by atoms with van der Waals surface area (Å²) in [6.45, 7) is 7.10. The second-order valence-electron chi connectivity index (χ2n) is 4.53. The normalized spacial score (nSPS) is 11.9. The number of hydrogen-bond donors (Lipinski definition) is 2. The summed E-state index contributed by atoms with van der Waals surface area (Å²) in [5.41, 5.74) is 1.51. The molecular weight excluding hydrogens is 226 g/mol. The number of amides is 1. The number of nitrogens with one attached hydrogen (secondary N) is 2. The number of hydrogen-bond acceptors (Lipinski definition) is 3. The van der Waals surface area contributed by atoms with Gasteiger partial charge in [-0.3, -0.25) is 9.78 Å². The molecule has 1 aromatic rings. The fourth-order valence-electron chi connectivity index (χ4n) is 1.48. The predicted molar refractivity (Wildman–Crippen MR) is 74.9 cm³/mol. The Balaban J connectivity index is 2.60. The van der Waals surface area contributed by atoms with Crippen LogP contribution < -0.4 is 10.6 Å². The van der Waals surface area contributed by atoms with Crippen molar-refractivity contribution in [3.63, 3.8) is 0 Å². The van der Waals surface area contributed by atoms with Gasteiger partial charge in [0.1, 0.15) is 0 Å². The third kappa shape index (κ3) is 4.73. The fourth-order valence-corrected chi connectivity index (χ4v) is 1.48. The Morgan fingerprint density at radius 1 is 1.39 bits per heavy atom. The van der Waals surface area contributed by atoms with Crippen molar-refractivity contribution in [2.45, 2.75) is 46.1 Å². The highest BCUT2D eigenvalue weighted by atomic mass is 16.1. The zero-order chi connectivity index (χ0) is 13.4. The van der Waals surface area contributed by atoms with Crippen LogP contribution in [-0.4, -0.2) is 23.5 Å².